The molecule has 1 aliphatic rings. The molecule has 0 fully saturated rings. The molecule has 1 unspecified atom stereocenters. The molecule has 2 aromatic rings. The fourth-order valence-corrected chi connectivity index (χ4v) is 3.34. The van der Waals surface area contributed by atoms with E-state index in [4.69, 9.17) is 0 Å². The van der Waals surface area contributed by atoms with Crippen molar-refractivity contribution in [1.29, 1.82) is 0 Å². The lowest BCUT2D eigenvalue weighted by atomic mass is 9.93. The van der Waals surface area contributed by atoms with Gasteiger partial charge in [-0.25, -0.2) is 4.39 Å². The molecule has 1 aromatic carbocycles. The van der Waals surface area contributed by atoms with Crippen LogP contribution in [0.4, 0.5) is 10.1 Å². The van der Waals surface area contributed by atoms with Gasteiger partial charge in [0.1, 0.15) is 22.7 Å². The summed E-state index contributed by atoms with van der Waals surface area (Å²) < 4.78 is 15.2. The third kappa shape index (κ3) is 3.54. The molecule has 0 aliphatic carbocycles. The Kier molecular flexibility index (Phi) is 5.31. The van der Waals surface area contributed by atoms with Gasteiger partial charge in [-0.15, -0.1) is 0 Å². The molecule has 0 spiro atoms. The summed E-state index contributed by atoms with van der Waals surface area (Å²) in [7, 11) is 0. The molecule has 0 radical (unpaired) electrons. The van der Waals surface area contributed by atoms with E-state index in [9.17, 15) is 18.8 Å². The number of halogens is 1. The number of aromatic nitrogens is 2. The molecule has 1 atom stereocenters. The van der Waals surface area contributed by atoms with Crippen molar-refractivity contribution in [3.05, 3.63) is 47.5 Å². The summed E-state index contributed by atoms with van der Waals surface area (Å²) in [6.45, 7) is 6.22. The van der Waals surface area contributed by atoms with Crippen LogP contribution in [-0.4, -0.2) is 40.0 Å². The van der Waals surface area contributed by atoms with Gasteiger partial charge in [0.2, 0.25) is 5.91 Å². The lowest BCUT2D eigenvalue weighted by molar-refractivity contribution is -0.126. The van der Waals surface area contributed by atoms with Crippen molar-refractivity contribution in [3.63, 3.8) is 0 Å². The molecular weight excluding hydrogens is 363 g/mol. The average Bonchev–Trinajstić information content (AvgIpc) is 3.04. The molecule has 28 heavy (non-hydrogen) atoms. The predicted molar refractivity (Wildman–Crippen MR) is 102 cm³/mol. The fourth-order valence-electron chi connectivity index (χ4n) is 3.34. The highest BCUT2D eigenvalue weighted by Gasteiger charge is 2.48. The molecule has 7 nitrogen and oxygen atoms in total. The first-order valence-corrected chi connectivity index (χ1v) is 9.17. The standard InChI is InChI=1S/C20H23FN4O3/c1-13(2)7-8-22-19(28)20(3)12-24-17(10-15(11-26)23-24)18(27)25(20)16-6-4-5-14(21)9-16/h4-6,9-11,13H,7-8,12H2,1-3H3,(H,22,28). The number of hydrogen-bond acceptors (Lipinski definition) is 4. The van der Waals surface area contributed by atoms with E-state index >= 15 is 0 Å². The number of nitrogens with one attached hydrogen (secondary N) is 1. The highest BCUT2D eigenvalue weighted by molar-refractivity contribution is 6.12. The summed E-state index contributed by atoms with van der Waals surface area (Å²) in [6, 6.07) is 6.92. The van der Waals surface area contributed by atoms with Crippen molar-refractivity contribution >= 4 is 23.8 Å². The molecule has 148 valence electrons. The van der Waals surface area contributed by atoms with Gasteiger partial charge in [-0.2, -0.15) is 5.10 Å². The van der Waals surface area contributed by atoms with Crippen molar-refractivity contribution in [2.45, 2.75) is 39.3 Å². The van der Waals surface area contributed by atoms with Crippen molar-refractivity contribution in [3.8, 4) is 0 Å². The van der Waals surface area contributed by atoms with Crippen molar-refractivity contribution < 1.29 is 18.8 Å². The van der Waals surface area contributed by atoms with Crippen LogP contribution in [0.5, 0.6) is 0 Å². The SMILES string of the molecule is CC(C)CCNC(=O)C1(C)Cn2nc(C=O)cc2C(=O)N1c1cccc(F)c1. The highest BCUT2D eigenvalue weighted by Crippen LogP contribution is 2.33. The Morgan fingerprint density at radius 2 is 2.14 bits per heavy atom. The first-order chi connectivity index (χ1) is 13.3. The Morgan fingerprint density at radius 3 is 2.79 bits per heavy atom. The van der Waals surface area contributed by atoms with E-state index in [1.165, 1.54) is 33.8 Å². The summed E-state index contributed by atoms with van der Waals surface area (Å²) in [6.07, 6.45) is 1.34. The smallest absolute Gasteiger partial charge is 0.277 e. The first-order valence-electron chi connectivity index (χ1n) is 9.17. The van der Waals surface area contributed by atoms with Crippen LogP contribution in [0.15, 0.2) is 30.3 Å². The number of benzene rings is 1. The lowest BCUT2D eigenvalue weighted by Gasteiger charge is -2.43. The van der Waals surface area contributed by atoms with Crippen molar-refractivity contribution in [2.24, 2.45) is 5.92 Å². The molecule has 3 rings (SSSR count). The quantitative estimate of drug-likeness (QED) is 0.773. The van der Waals surface area contributed by atoms with E-state index in [0.29, 0.717) is 18.7 Å². The van der Waals surface area contributed by atoms with Crippen LogP contribution in [0, 0.1) is 11.7 Å². The van der Waals surface area contributed by atoms with E-state index < -0.39 is 17.3 Å². The fraction of sp³-hybridized carbons (Fsp3) is 0.400. The minimum atomic E-state index is -1.33. The second kappa shape index (κ2) is 7.53. The minimum Gasteiger partial charge on any atom is -0.354 e. The molecule has 2 amide bonds. The van der Waals surface area contributed by atoms with E-state index in [2.05, 4.69) is 10.4 Å². The summed E-state index contributed by atoms with van der Waals surface area (Å²) in [5.41, 5.74) is -0.779. The second-order valence-electron chi connectivity index (χ2n) is 7.56. The maximum Gasteiger partial charge on any atom is 0.277 e. The van der Waals surface area contributed by atoms with Crippen LogP contribution < -0.4 is 10.2 Å². The molecule has 1 aliphatic heterocycles. The molecule has 1 aromatic heterocycles. The van der Waals surface area contributed by atoms with E-state index in [1.54, 1.807) is 13.0 Å². The van der Waals surface area contributed by atoms with E-state index in [0.717, 1.165) is 6.42 Å². The van der Waals surface area contributed by atoms with Crippen LogP contribution >= 0.6 is 0 Å². The number of aldehydes is 1. The Bertz CT molecular complexity index is 924. The van der Waals surface area contributed by atoms with Gasteiger partial charge in [0.15, 0.2) is 6.29 Å². The number of hydrogen-bond donors (Lipinski definition) is 1. The van der Waals surface area contributed by atoms with Gasteiger partial charge < -0.3 is 5.32 Å². The number of carbonyl (C=O) groups is 3. The van der Waals surface area contributed by atoms with Crippen molar-refractivity contribution in [1.82, 2.24) is 15.1 Å². The molecule has 0 saturated carbocycles. The van der Waals surface area contributed by atoms with Crippen molar-refractivity contribution in [2.75, 3.05) is 11.4 Å². The zero-order valence-corrected chi connectivity index (χ0v) is 16.1. The average molecular weight is 386 g/mol. The third-order valence-corrected chi connectivity index (χ3v) is 4.86. The zero-order chi connectivity index (χ0) is 20.5. The van der Waals surface area contributed by atoms with Gasteiger partial charge in [-0.3, -0.25) is 24.0 Å². The normalized spacial score (nSPS) is 18.9. The second-order valence-corrected chi connectivity index (χ2v) is 7.56. The van der Waals surface area contributed by atoms with Crippen LogP contribution in [0.1, 0.15) is 48.2 Å². The maximum atomic E-state index is 13.8. The zero-order valence-electron chi connectivity index (χ0n) is 16.1. The summed E-state index contributed by atoms with van der Waals surface area (Å²) in [4.78, 5) is 38.7. The molecule has 2 heterocycles. The number of anilines is 1. The number of fused-ring (bicyclic) bond motifs is 1. The lowest BCUT2D eigenvalue weighted by Crippen LogP contribution is -2.64. The molecular formula is C20H23FN4O3. The van der Waals surface area contributed by atoms with Gasteiger partial charge in [0, 0.05) is 12.2 Å². The van der Waals surface area contributed by atoms with Crippen LogP contribution in [0.25, 0.3) is 0 Å². The van der Waals surface area contributed by atoms with Gasteiger partial charge in [-0.1, -0.05) is 19.9 Å². The largest absolute Gasteiger partial charge is 0.354 e. The molecule has 8 heteroatoms. The van der Waals surface area contributed by atoms with Gasteiger partial charge in [-0.05, 0) is 43.5 Å². The Labute approximate surface area is 162 Å². The number of amides is 2. The van der Waals surface area contributed by atoms with Crippen LogP contribution in [0.2, 0.25) is 0 Å². The van der Waals surface area contributed by atoms with Crippen LogP contribution in [-0.2, 0) is 11.3 Å². The summed E-state index contributed by atoms with van der Waals surface area (Å²) in [5, 5.41) is 6.97. The minimum absolute atomic E-state index is 0.0476. The highest BCUT2D eigenvalue weighted by atomic mass is 19.1. The molecule has 0 bridgehead atoms. The number of rotatable bonds is 6. The first kappa shape index (κ1) is 19.7. The monoisotopic (exact) mass is 386 g/mol. The van der Waals surface area contributed by atoms with E-state index in [-0.39, 0.29) is 29.5 Å². The van der Waals surface area contributed by atoms with E-state index in [1.807, 2.05) is 13.8 Å². The number of carbonyl (C=O) groups excluding carboxylic acids is 3. The summed E-state index contributed by atoms with van der Waals surface area (Å²) in [5.74, 6) is -0.979. The predicted octanol–water partition coefficient (Wildman–Crippen LogP) is 2.42. The Hall–Kier alpha value is -3.03. The van der Waals surface area contributed by atoms with Gasteiger partial charge in [0.25, 0.3) is 5.91 Å². The third-order valence-electron chi connectivity index (χ3n) is 4.86. The maximum absolute atomic E-state index is 13.8. The van der Waals surface area contributed by atoms with Gasteiger partial charge in [0.05, 0.1) is 6.54 Å². The Morgan fingerprint density at radius 1 is 1.39 bits per heavy atom. The van der Waals surface area contributed by atoms with Gasteiger partial charge >= 0.3 is 0 Å². The topological polar surface area (TPSA) is 84.3 Å². The van der Waals surface area contributed by atoms with Crippen LogP contribution in [0.3, 0.4) is 0 Å². The molecule has 1 N–H and O–H groups in total. The summed E-state index contributed by atoms with van der Waals surface area (Å²) >= 11 is 0. The molecule has 0 saturated heterocycles. The Balaban J connectivity index is 2.04. The number of nitrogens with zero attached hydrogens (tertiary/aromatic N) is 3.